The minimum absolute atomic E-state index is 0.0139. The minimum atomic E-state index is -1.37. The number of carbonyl (C=O) groups excluding carboxylic acids is 1. The number of hydrogen-bond donors (Lipinski definition) is 2. The van der Waals surface area contributed by atoms with Crippen molar-refractivity contribution in [1.29, 1.82) is 0 Å². The molecule has 1 aromatic heterocycles. The molecule has 26 heavy (non-hydrogen) atoms. The maximum Gasteiger partial charge on any atom is 0.337 e. The van der Waals surface area contributed by atoms with Crippen molar-refractivity contribution in [1.82, 2.24) is 9.55 Å². The maximum atomic E-state index is 13.8. The summed E-state index contributed by atoms with van der Waals surface area (Å²) >= 11 is 0. The molecule has 1 atom stereocenters. The summed E-state index contributed by atoms with van der Waals surface area (Å²) in [5.41, 5.74) is -1.10. The molecule has 7 nitrogen and oxygen atoms in total. The van der Waals surface area contributed by atoms with Gasteiger partial charge in [-0.1, -0.05) is 18.2 Å². The Morgan fingerprint density at radius 1 is 1.27 bits per heavy atom. The van der Waals surface area contributed by atoms with Gasteiger partial charge in [0.25, 0.3) is 5.56 Å². The van der Waals surface area contributed by atoms with Crippen molar-refractivity contribution in [3.8, 4) is 0 Å². The number of nitrogens with one attached hydrogen (secondary N) is 1. The predicted octanol–water partition coefficient (Wildman–Crippen LogP) is 1.35. The average molecular weight is 358 g/mol. The summed E-state index contributed by atoms with van der Waals surface area (Å²) in [6.45, 7) is -0.413. The molecular weight excluding hydrogens is 343 g/mol. The third kappa shape index (κ3) is 3.14. The molecule has 0 radical (unpaired) electrons. The molecule has 3 rings (SSSR count). The molecule has 2 aromatic carbocycles. The molecule has 3 aromatic rings. The normalized spacial score (nSPS) is 12.1. The molecule has 0 spiro atoms. The first-order valence-corrected chi connectivity index (χ1v) is 7.70. The molecule has 8 heteroatoms. The summed E-state index contributed by atoms with van der Waals surface area (Å²) in [7, 11) is 1.22. The van der Waals surface area contributed by atoms with Crippen LogP contribution in [0.2, 0.25) is 0 Å². The summed E-state index contributed by atoms with van der Waals surface area (Å²) in [6, 6.07) is 9.69. The largest absolute Gasteiger partial charge is 0.465 e. The fourth-order valence-corrected chi connectivity index (χ4v) is 2.68. The summed E-state index contributed by atoms with van der Waals surface area (Å²) in [4.78, 5) is 38.9. The predicted molar refractivity (Wildman–Crippen MR) is 91.5 cm³/mol. The molecule has 0 aliphatic rings. The highest BCUT2D eigenvalue weighted by atomic mass is 19.1. The maximum absolute atomic E-state index is 13.8. The highest BCUT2D eigenvalue weighted by molar-refractivity contribution is 5.93. The fourth-order valence-electron chi connectivity index (χ4n) is 2.68. The number of carbonyl (C=O) groups is 1. The number of fused-ring (bicyclic) bond motifs is 1. The van der Waals surface area contributed by atoms with Crippen LogP contribution >= 0.6 is 0 Å². The molecule has 1 heterocycles. The Bertz CT molecular complexity index is 1100. The fraction of sp³-hybridized carbons (Fsp3) is 0.167. The standard InChI is InChI=1S/C18H15FN2O5/c1-26-17(24)10-6-7-12-14(8-10)20-18(25)21(16(12)23)9-15(22)11-4-2-3-5-13(11)19/h2-8,15,22H,9H2,1H3,(H,20,25)/t15-/m1/s1. The Morgan fingerprint density at radius 2 is 2.00 bits per heavy atom. The first kappa shape index (κ1) is 17.6. The number of halogens is 1. The van der Waals surface area contributed by atoms with E-state index in [-0.39, 0.29) is 22.0 Å². The van der Waals surface area contributed by atoms with Crippen molar-refractivity contribution in [2.75, 3.05) is 7.11 Å². The topological polar surface area (TPSA) is 101 Å². The first-order chi connectivity index (χ1) is 12.4. The van der Waals surface area contributed by atoms with E-state index in [1.165, 1.54) is 43.5 Å². The number of ether oxygens (including phenoxy) is 1. The molecule has 0 unspecified atom stereocenters. The van der Waals surface area contributed by atoms with E-state index >= 15 is 0 Å². The molecule has 134 valence electrons. The number of hydrogen-bond acceptors (Lipinski definition) is 5. The van der Waals surface area contributed by atoms with E-state index in [0.29, 0.717) is 0 Å². The van der Waals surface area contributed by atoms with E-state index in [1.54, 1.807) is 6.07 Å². The molecule has 0 saturated heterocycles. The molecule has 2 N–H and O–H groups in total. The second-order valence-electron chi connectivity index (χ2n) is 5.64. The van der Waals surface area contributed by atoms with E-state index in [4.69, 9.17) is 0 Å². The van der Waals surface area contributed by atoms with Crippen LogP contribution in [0, 0.1) is 5.82 Å². The highest BCUT2D eigenvalue weighted by Crippen LogP contribution is 2.18. The van der Waals surface area contributed by atoms with Gasteiger partial charge in [-0.15, -0.1) is 0 Å². The number of aromatic nitrogens is 2. The van der Waals surface area contributed by atoms with Gasteiger partial charge in [0.1, 0.15) is 5.82 Å². The molecule has 0 aliphatic carbocycles. The number of H-pyrrole nitrogens is 1. The number of aliphatic hydroxyl groups excluding tert-OH is 1. The third-order valence-corrected chi connectivity index (χ3v) is 4.02. The quantitative estimate of drug-likeness (QED) is 0.686. The van der Waals surface area contributed by atoms with Crippen LogP contribution in [-0.4, -0.2) is 27.7 Å². The second-order valence-corrected chi connectivity index (χ2v) is 5.64. The monoisotopic (exact) mass is 358 g/mol. The van der Waals surface area contributed by atoms with E-state index in [2.05, 4.69) is 9.72 Å². The lowest BCUT2D eigenvalue weighted by Crippen LogP contribution is -2.36. The van der Waals surface area contributed by atoms with Crippen molar-refractivity contribution < 1.29 is 19.0 Å². The molecule has 0 bridgehead atoms. The summed E-state index contributed by atoms with van der Waals surface area (Å²) in [6.07, 6.45) is -1.37. The van der Waals surface area contributed by atoms with Crippen LogP contribution < -0.4 is 11.2 Å². The van der Waals surface area contributed by atoms with Gasteiger partial charge in [-0.25, -0.2) is 14.0 Å². The zero-order chi connectivity index (χ0) is 18.8. The first-order valence-electron chi connectivity index (χ1n) is 7.70. The van der Waals surface area contributed by atoms with Crippen molar-refractivity contribution in [3.05, 3.63) is 80.2 Å². The van der Waals surface area contributed by atoms with Crippen LogP contribution in [0.1, 0.15) is 22.0 Å². The summed E-state index contributed by atoms with van der Waals surface area (Å²) in [5.74, 6) is -1.24. The van der Waals surface area contributed by atoms with Crippen LogP contribution in [0.3, 0.4) is 0 Å². The SMILES string of the molecule is COC(=O)c1ccc2c(=O)n(C[C@@H](O)c3ccccc3F)c(=O)[nH]c2c1. The molecule has 0 amide bonds. The highest BCUT2D eigenvalue weighted by Gasteiger charge is 2.17. The van der Waals surface area contributed by atoms with Gasteiger partial charge in [0.05, 0.1) is 36.2 Å². The molecule has 0 aliphatic heterocycles. The lowest BCUT2D eigenvalue weighted by molar-refractivity contribution is 0.0601. The Hall–Kier alpha value is -3.26. The Balaban J connectivity index is 2.05. The van der Waals surface area contributed by atoms with Crippen molar-refractivity contribution in [2.45, 2.75) is 12.6 Å². The summed E-state index contributed by atoms with van der Waals surface area (Å²) < 4.78 is 19.2. The number of methoxy groups -OCH3 is 1. The molecular formula is C18H15FN2O5. The van der Waals surface area contributed by atoms with Gasteiger partial charge >= 0.3 is 11.7 Å². The van der Waals surface area contributed by atoms with Gasteiger partial charge < -0.3 is 14.8 Å². The second kappa shape index (κ2) is 6.93. The van der Waals surface area contributed by atoms with E-state index < -0.39 is 35.7 Å². The number of aliphatic hydroxyl groups is 1. The van der Waals surface area contributed by atoms with Gasteiger partial charge in [-0.3, -0.25) is 9.36 Å². The van der Waals surface area contributed by atoms with Crippen molar-refractivity contribution in [2.24, 2.45) is 0 Å². The molecule has 0 saturated carbocycles. The van der Waals surface area contributed by atoms with E-state index in [9.17, 15) is 23.9 Å². The van der Waals surface area contributed by atoms with Crippen LogP contribution in [-0.2, 0) is 11.3 Å². The van der Waals surface area contributed by atoms with Gasteiger partial charge in [0.15, 0.2) is 0 Å². The lowest BCUT2D eigenvalue weighted by atomic mass is 10.1. The van der Waals surface area contributed by atoms with Gasteiger partial charge in [-0.05, 0) is 24.3 Å². The van der Waals surface area contributed by atoms with Crippen LogP contribution in [0.25, 0.3) is 10.9 Å². The minimum Gasteiger partial charge on any atom is -0.465 e. The van der Waals surface area contributed by atoms with Gasteiger partial charge in [-0.2, -0.15) is 0 Å². The number of aromatic amines is 1. The summed E-state index contributed by atoms with van der Waals surface area (Å²) in [5, 5.41) is 10.4. The zero-order valence-electron chi connectivity index (χ0n) is 13.7. The number of nitrogens with zero attached hydrogens (tertiary/aromatic N) is 1. The van der Waals surface area contributed by atoms with Crippen LogP contribution in [0.4, 0.5) is 4.39 Å². The van der Waals surface area contributed by atoms with E-state index in [1.807, 2.05) is 0 Å². The van der Waals surface area contributed by atoms with Gasteiger partial charge in [0, 0.05) is 5.56 Å². The number of esters is 1. The lowest BCUT2D eigenvalue weighted by Gasteiger charge is -2.13. The van der Waals surface area contributed by atoms with Crippen molar-refractivity contribution >= 4 is 16.9 Å². The smallest absolute Gasteiger partial charge is 0.337 e. The zero-order valence-corrected chi connectivity index (χ0v) is 13.7. The Kier molecular flexibility index (Phi) is 4.68. The number of rotatable bonds is 4. The average Bonchev–Trinajstić information content (AvgIpc) is 2.64. The van der Waals surface area contributed by atoms with E-state index in [0.717, 1.165) is 4.57 Å². The van der Waals surface area contributed by atoms with Crippen molar-refractivity contribution in [3.63, 3.8) is 0 Å². The number of benzene rings is 2. The van der Waals surface area contributed by atoms with Crippen LogP contribution in [0.5, 0.6) is 0 Å². The molecule has 0 fully saturated rings. The Labute approximate surface area is 146 Å². The van der Waals surface area contributed by atoms with Gasteiger partial charge in [0.2, 0.25) is 0 Å². The third-order valence-electron chi connectivity index (χ3n) is 4.02. The Morgan fingerprint density at radius 3 is 2.69 bits per heavy atom. The van der Waals surface area contributed by atoms with Crippen LogP contribution in [0.15, 0.2) is 52.1 Å².